The van der Waals surface area contributed by atoms with Crippen molar-refractivity contribution in [2.24, 2.45) is 5.92 Å². The molecular formula is C26H30N2O2. The third kappa shape index (κ3) is 5.17. The molecule has 0 saturated heterocycles. The second-order valence-electron chi connectivity index (χ2n) is 8.20. The van der Waals surface area contributed by atoms with Crippen molar-refractivity contribution in [3.8, 4) is 6.07 Å². The molecule has 1 aliphatic rings. The topological polar surface area (TPSA) is 64.3 Å². The van der Waals surface area contributed by atoms with Crippen LogP contribution in [0.5, 0.6) is 0 Å². The highest BCUT2D eigenvalue weighted by Gasteiger charge is 2.29. The maximum Gasteiger partial charge on any atom is 0.133 e. The molecule has 0 bridgehead atoms. The van der Waals surface area contributed by atoms with Crippen molar-refractivity contribution in [1.82, 2.24) is 4.90 Å². The average Bonchev–Trinajstić information content (AvgIpc) is 2.79. The number of Topliss-reactive ketones (excluding diaryl/α,β-unsaturated/α-hetero) is 1. The molecule has 0 unspecified atom stereocenters. The van der Waals surface area contributed by atoms with E-state index in [0.29, 0.717) is 24.3 Å². The number of allylic oxidation sites excluding steroid dienone is 2. The quantitative estimate of drug-likeness (QED) is 0.663. The molecule has 0 aliphatic heterocycles. The van der Waals surface area contributed by atoms with E-state index in [1.54, 1.807) is 0 Å². The maximum absolute atomic E-state index is 12.1. The number of hydrogen-bond donors (Lipinski definition) is 1. The van der Waals surface area contributed by atoms with Gasteiger partial charge in [0.25, 0.3) is 0 Å². The smallest absolute Gasteiger partial charge is 0.133 e. The Morgan fingerprint density at radius 2 is 1.73 bits per heavy atom. The maximum atomic E-state index is 12.1. The van der Waals surface area contributed by atoms with Gasteiger partial charge in [-0.25, -0.2) is 0 Å². The summed E-state index contributed by atoms with van der Waals surface area (Å²) in [7, 11) is 1.85. The zero-order valence-corrected chi connectivity index (χ0v) is 17.7. The Morgan fingerprint density at radius 3 is 2.30 bits per heavy atom. The number of aliphatic hydroxyl groups is 1. The first-order valence-corrected chi connectivity index (χ1v) is 10.7. The van der Waals surface area contributed by atoms with Crippen LogP contribution in [0.15, 0.2) is 72.4 Å². The third-order valence-corrected chi connectivity index (χ3v) is 6.25. The van der Waals surface area contributed by atoms with Gasteiger partial charge in [0.1, 0.15) is 17.5 Å². The predicted molar refractivity (Wildman–Crippen MR) is 118 cm³/mol. The first kappa shape index (κ1) is 21.8. The van der Waals surface area contributed by atoms with E-state index in [-0.39, 0.29) is 17.9 Å². The molecule has 0 radical (unpaired) electrons. The van der Waals surface area contributed by atoms with Gasteiger partial charge in [0.2, 0.25) is 0 Å². The largest absolute Gasteiger partial charge is 0.386 e. The van der Waals surface area contributed by atoms with Crippen molar-refractivity contribution in [3.05, 3.63) is 83.6 Å². The molecule has 0 amide bonds. The number of ketones is 1. The Kier molecular flexibility index (Phi) is 7.43. The number of benzene rings is 2. The Hall–Kier alpha value is -2.90. The van der Waals surface area contributed by atoms with E-state index in [0.717, 1.165) is 24.0 Å². The second kappa shape index (κ2) is 10.2. The zero-order valence-electron chi connectivity index (χ0n) is 17.7. The standard InChI is InChI=1S/C26H30N2O2/c1-19(26(30)21-12-7-4-8-13-21)28(2)23(18-27)17-25(20-10-5-3-6-11-20)22-14-9-15-24(29)16-22/h3-8,10-13,17,19,22,25-26,30H,9,14-16H2,1-2H3/b23-17+/t19-,22-,25+,26-/m0/s1. The Balaban J connectivity index is 1.89. The Morgan fingerprint density at radius 1 is 1.13 bits per heavy atom. The lowest BCUT2D eigenvalue weighted by Crippen LogP contribution is -2.34. The van der Waals surface area contributed by atoms with Gasteiger partial charge >= 0.3 is 0 Å². The molecule has 2 aromatic carbocycles. The summed E-state index contributed by atoms with van der Waals surface area (Å²) >= 11 is 0. The van der Waals surface area contributed by atoms with Gasteiger partial charge in [-0.05, 0) is 42.9 Å². The third-order valence-electron chi connectivity index (χ3n) is 6.25. The molecule has 30 heavy (non-hydrogen) atoms. The summed E-state index contributed by atoms with van der Waals surface area (Å²) in [5.74, 6) is 0.494. The molecule has 0 aromatic heterocycles. The van der Waals surface area contributed by atoms with Gasteiger partial charge in [-0.3, -0.25) is 4.79 Å². The van der Waals surface area contributed by atoms with E-state index in [2.05, 4.69) is 18.2 Å². The Bertz CT molecular complexity index is 902. The van der Waals surface area contributed by atoms with Crippen molar-refractivity contribution in [2.45, 2.75) is 50.7 Å². The summed E-state index contributed by atoms with van der Waals surface area (Å²) in [6, 6.07) is 21.7. The lowest BCUT2D eigenvalue weighted by atomic mass is 9.76. The van der Waals surface area contributed by atoms with Gasteiger partial charge in [0.15, 0.2) is 0 Å². The fourth-order valence-electron chi connectivity index (χ4n) is 4.31. The minimum absolute atomic E-state index is 0.00591. The van der Waals surface area contributed by atoms with Crippen molar-refractivity contribution >= 4 is 5.78 Å². The summed E-state index contributed by atoms with van der Waals surface area (Å²) in [4.78, 5) is 14.0. The molecule has 1 saturated carbocycles. The van der Waals surface area contributed by atoms with Gasteiger partial charge in [-0.1, -0.05) is 60.7 Å². The summed E-state index contributed by atoms with van der Waals surface area (Å²) in [6.07, 6.45) is 4.38. The highest BCUT2D eigenvalue weighted by atomic mass is 16.3. The minimum Gasteiger partial charge on any atom is -0.386 e. The van der Waals surface area contributed by atoms with Crippen LogP contribution in [0.4, 0.5) is 0 Å². The average molecular weight is 403 g/mol. The molecule has 156 valence electrons. The number of carbonyl (C=O) groups is 1. The molecule has 1 N–H and O–H groups in total. The van der Waals surface area contributed by atoms with Crippen LogP contribution in [-0.2, 0) is 4.79 Å². The highest BCUT2D eigenvalue weighted by Crippen LogP contribution is 2.37. The number of nitrogens with zero attached hydrogens (tertiary/aromatic N) is 2. The van der Waals surface area contributed by atoms with E-state index in [4.69, 9.17) is 0 Å². The van der Waals surface area contributed by atoms with Crippen molar-refractivity contribution in [2.75, 3.05) is 7.05 Å². The van der Waals surface area contributed by atoms with E-state index in [1.807, 2.05) is 73.5 Å². The summed E-state index contributed by atoms with van der Waals surface area (Å²) in [5, 5.41) is 20.8. The molecule has 1 aliphatic carbocycles. The van der Waals surface area contributed by atoms with Crippen LogP contribution in [0, 0.1) is 17.2 Å². The normalized spacial score (nSPS) is 20.1. The predicted octanol–water partition coefficient (Wildman–Crippen LogP) is 4.99. The molecule has 0 heterocycles. The molecule has 3 rings (SSSR count). The number of likely N-dealkylation sites (N-methyl/N-ethyl adjacent to an activating group) is 1. The molecule has 4 nitrogen and oxygen atoms in total. The van der Waals surface area contributed by atoms with Crippen LogP contribution in [-0.4, -0.2) is 28.9 Å². The van der Waals surface area contributed by atoms with E-state index in [1.165, 1.54) is 0 Å². The summed E-state index contributed by atoms with van der Waals surface area (Å²) < 4.78 is 0. The van der Waals surface area contributed by atoms with Crippen LogP contribution >= 0.6 is 0 Å². The highest BCUT2D eigenvalue weighted by molar-refractivity contribution is 5.79. The Labute approximate surface area is 179 Å². The number of rotatable bonds is 7. The van der Waals surface area contributed by atoms with Crippen LogP contribution < -0.4 is 0 Å². The van der Waals surface area contributed by atoms with Gasteiger partial charge in [-0.2, -0.15) is 5.26 Å². The molecule has 4 atom stereocenters. The van der Waals surface area contributed by atoms with E-state index >= 15 is 0 Å². The van der Waals surface area contributed by atoms with Crippen LogP contribution in [0.2, 0.25) is 0 Å². The molecule has 0 spiro atoms. The number of aliphatic hydroxyl groups excluding tert-OH is 1. The fourth-order valence-corrected chi connectivity index (χ4v) is 4.31. The van der Waals surface area contributed by atoms with E-state index in [9.17, 15) is 15.2 Å². The molecular weight excluding hydrogens is 372 g/mol. The van der Waals surface area contributed by atoms with Crippen molar-refractivity contribution in [3.63, 3.8) is 0 Å². The monoisotopic (exact) mass is 402 g/mol. The fraction of sp³-hybridized carbons (Fsp3) is 0.385. The lowest BCUT2D eigenvalue weighted by Gasteiger charge is -2.33. The van der Waals surface area contributed by atoms with Crippen LogP contribution in [0.25, 0.3) is 0 Å². The van der Waals surface area contributed by atoms with Gasteiger partial charge < -0.3 is 10.0 Å². The van der Waals surface area contributed by atoms with Gasteiger partial charge in [0, 0.05) is 25.8 Å². The first-order valence-electron chi connectivity index (χ1n) is 10.7. The SMILES string of the molecule is C[C@@H]([C@H](O)c1ccccc1)N(C)/C(C#N)=C/[C@H](c1ccccc1)[C@H]1CCCC(=O)C1. The van der Waals surface area contributed by atoms with Crippen molar-refractivity contribution in [1.29, 1.82) is 5.26 Å². The lowest BCUT2D eigenvalue weighted by molar-refractivity contribution is -0.121. The van der Waals surface area contributed by atoms with Gasteiger partial charge in [0.05, 0.1) is 12.1 Å². The second-order valence-corrected chi connectivity index (χ2v) is 8.20. The van der Waals surface area contributed by atoms with Crippen LogP contribution in [0.1, 0.15) is 55.8 Å². The number of hydrogen-bond acceptors (Lipinski definition) is 4. The summed E-state index contributed by atoms with van der Waals surface area (Å²) in [6.45, 7) is 1.92. The molecule has 4 heteroatoms. The first-order chi connectivity index (χ1) is 14.5. The zero-order chi connectivity index (χ0) is 21.5. The summed E-state index contributed by atoms with van der Waals surface area (Å²) in [5.41, 5.74) is 2.46. The van der Waals surface area contributed by atoms with Crippen LogP contribution in [0.3, 0.4) is 0 Å². The molecule has 2 aromatic rings. The molecule has 1 fully saturated rings. The number of nitriles is 1. The van der Waals surface area contributed by atoms with Crippen molar-refractivity contribution < 1.29 is 9.90 Å². The number of carbonyl (C=O) groups excluding carboxylic acids is 1. The minimum atomic E-state index is -0.709. The van der Waals surface area contributed by atoms with E-state index < -0.39 is 6.10 Å². The van der Waals surface area contributed by atoms with Gasteiger partial charge in [-0.15, -0.1) is 0 Å².